The van der Waals surface area contributed by atoms with E-state index < -0.39 is 6.10 Å². The van der Waals surface area contributed by atoms with Crippen LogP contribution in [0.1, 0.15) is 28.8 Å². The first kappa shape index (κ1) is 11.8. The molecule has 0 saturated carbocycles. The smallest absolute Gasteiger partial charge is 0.140 e. The molecule has 18 heavy (non-hydrogen) atoms. The molecular weight excluding hydrogens is 296 g/mol. The Bertz CT molecular complexity index is 589. The number of ether oxygens (including phenoxy) is 1. The van der Waals surface area contributed by atoms with Gasteiger partial charge in [-0.15, -0.1) is 0 Å². The molecule has 2 heterocycles. The van der Waals surface area contributed by atoms with Crippen molar-refractivity contribution in [1.82, 2.24) is 0 Å². The molecule has 0 radical (unpaired) electrons. The number of benzene rings is 1. The standard InChI is InChI=1S/C14H13BrO3/c1-8-2-3-12(18-8)13(16)11-7-10(15)6-9-4-5-17-14(9)11/h2-3,6-7,13,16H,4-5H2,1H3. The van der Waals surface area contributed by atoms with Gasteiger partial charge in [0.05, 0.1) is 6.61 Å². The summed E-state index contributed by atoms with van der Waals surface area (Å²) in [6.45, 7) is 2.53. The Labute approximate surface area is 114 Å². The van der Waals surface area contributed by atoms with Crippen molar-refractivity contribution in [1.29, 1.82) is 0 Å². The number of rotatable bonds is 2. The number of furan rings is 1. The quantitative estimate of drug-likeness (QED) is 0.925. The molecular formula is C14H13BrO3. The Kier molecular flexibility index (Phi) is 2.92. The van der Waals surface area contributed by atoms with E-state index in [1.165, 1.54) is 0 Å². The third kappa shape index (κ3) is 1.95. The summed E-state index contributed by atoms with van der Waals surface area (Å²) in [5.41, 5.74) is 1.88. The van der Waals surface area contributed by atoms with Gasteiger partial charge < -0.3 is 14.3 Å². The van der Waals surface area contributed by atoms with Crippen LogP contribution in [0.15, 0.2) is 33.2 Å². The number of aliphatic hydroxyl groups is 1. The first-order chi connectivity index (χ1) is 8.65. The van der Waals surface area contributed by atoms with Gasteiger partial charge in [-0.1, -0.05) is 15.9 Å². The number of aliphatic hydroxyl groups excluding tert-OH is 1. The zero-order valence-corrected chi connectivity index (χ0v) is 11.5. The average molecular weight is 309 g/mol. The summed E-state index contributed by atoms with van der Waals surface area (Å²) in [6.07, 6.45) is 0.0918. The predicted molar refractivity (Wildman–Crippen MR) is 70.8 cm³/mol. The Morgan fingerprint density at radius 1 is 1.33 bits per heavy atom. The SMILES string of the molecule is Cc1ccc(C(O)c2cc(Br)cc3c2OCC3)o1. The Morgan fingerprint density at radius 3 is 2.89 bits per heavy atom. The summed E-state index contributed by atoms with van der Waals surface area (Å²) in [7, 11) is 0. The van der Waals surface area contributed by atoms with Crippen LogP contribution in [-0.4, -0.2) is 11.7 Å². The lowest BCUT2D eigenvalue weighted by molar-refractivity contribution is 0.182. The molecule has 1 aliphatic heterocycles. The molecule has 0 saturated heterocycles. The van der Waals surface area contributed by atoms with E-state index in [2.05, 4.69) is 15.9 Å². The molecule has 1 N–H and O–H groups in total. The molecule has 0 amide bonds. The minimum atomic E-state index is -0.789. The maximum Gasteiger partial charge on any atom is 0.140 e. The lowest BCUT2D eigenvalue weighted by Gasteiger charge is -2.13. The molecule has 2 aromatic rings. The van der Waals surface area contributed by atoms with Crippen LogP contribution in [0, 0.1) is 6.92 Å². The van der Waals surface area contributed by atoms with Crippen molar-refractivity contribution in [3.05, 3.63) is 51.4 Å². The molecule has 94 valence electrons. The van der Waals surface area contributed by atoms with E-state index in [-0.39, 0.29) is 0 Å². The molecule has 0 bridgehead atoms. The van der Waals surface area contributed by atoms with E-state index in [9.17, 15) is 5.11 Å². The van der Waals surface area contributed by atoms with Gasteiger partial charge in [-0.2, -0.15) is 0 Å². The number of halogens is 1. The van der Waals surface area contributed by atoms with Gasteiger partial charge in [-0.3, -0.25) is 0 Å². The van der Waals surface area contributed by atoms with Crippen LogP contribution in [-0.2, 0) is 6.42 Å². The van der Waals surface area contributed by atoms with E-state index in [1.54, 1.807) is 6.07 Å². The van der Waals surface area contributed by atoms with Crippen molar-refractivity contribution in [2.45, 2.75) is 19.4 Å². The number of hydrogen-bond acceptors (Lipinski definition) is 3. The fraction of sp³-hybridized carbons (Fsp3) is 0.286. The predicted octanol–water partition coefficient (Wildman–Crippen LogP) is 3.37. The minimum Gasteiger partial charge on any atom is -0.493 e. The monoisotopic (exact) mass is 308 g/mol. The van der Waals surface area contributed by atoms with Crippen LogP contribution in [0.3, 0.4) is 0 Å². The van der Waals surface area contributed by atoms with Crippen LogP contribution in [0.5, 0.6) is 5.75 Å². The van der Waals surface area contributed by atoms with Crippen LogP contribution in [0.4, 0.5) is 0 Å². The fourth-order valence-corrected chi connectivity index (χ4v) is 2.78. The van der Waals surface area contributed by atoms with E-state index >= 15 is 0 Å². The van der Waals surface area contributed by atoms with Crippen LogP contribution >= 0.6 is 15.9 Å². The summed E-state index contributed by atoms with van der Waals surface area (Å²) in [6, 6.07) is 7.55. The van der Waals surface area contributed by atoms with Gasteiger partial charge in [0.1, 0.15) is 23.4 Å². The van der Waals surface area contributed by atoms with Gasteiger partial charge in [-0.05, 0) is 36.8 Å². The maximum atomic E-state index is 10.4. The van der Waals surface area contributed by atoms with Crippen molar-refractivity contribution < 1.29 is 14.3 Å². The molecule has 0 spiro atoms. The van der Waals surface area contributed by atoms with Crippen molar-refractivity contribution >= 4 is 15.9 Å². The summed E-state index contributed by atoms with van der Waals surface area (Å²) in [4.78, 5) is 0. The highest BCUT2D eigenvalue weighted by Crippen LogP contribution is 2.38. The zero-order chi connectivity index (χ0) is 12.7. The van der Waals surface area contributed by atoms with E-state index in [0.717, 1.165) is 33.5 Å². The highest BCUT2D eigenvalue weighted by atomic mass is 79.9. The summed E-state index contributed by atoms with van der Waals surface area (Å²) >= 11 is 3.46. The van der Waals surface area contributed by atoms with Crippen molar-refractivity contribution in [2.24, 2.45) is 0 Å². The number of fused-ring (bicyclic) bond motifs is 1. The third-order valence-corrected chi connectivity index (χ3v) is 3.56. The van der Waals surface area contributed by atoms with Crippen molar-refractivity contribution in [3.63, 3.8) is 0 Å². The zero-order valence-electron chi connectivity index (χ0n) is 9.94. The van der Waals surface area contributed by atoms with Crippen LogP contribution < -0.4 is 4.74 Å². The molecule has 0 fully saturated rings. The molecule has 1 aromatic heterocycles. The highest BCUT2D eigenvalue weighted by molar-refractivity contribution is 9.10. The lowest BCUT2D eigenvalue weighted by atomic mass is 10.0. The normalized spacial score (nSPS) is 15.3. The Hall–Kier alpha value is -1.26. The molecule has 3 nitrogen and oxygen atoms in total. The first-order valence-corrected chi connectivity index (χ1v) is 6.64. The van der Waals surface area contributed by atoms with E-state index in [1.807, 2.05) is 25.1 Å². The first-order valence-electron chi connectivity index (χ1n) is 5.84. The summed E-state index contributed by atoms with van der Waals surface area (Å²) in [5.74, 6) is 2.12. The highest BCUT2D eigenvalue weighted by Gasteiger charge is 2.24. The molecule has 0 aliphatic carbocycles. The Morgan fingerprint density at radius 2 is 2.17 bits per heavy atom. The lowest BCUT2D eigenvalue weighted by Crippen LogP contribution is -2.01. The van der Waals surface area contributed by atoms with Gasteiger partial charge in [0.2, 0.25) is 0 Å². The molecule has 4 heteroatoms. The molecule has 3 rings (SSSR count). The number of hydrogen-bond donors (Lipinski definition) is 1. The fourth-order valence-electron chi connectivity index (χ4n) is 2.25. The molecule has 1 aliphatic rings. The number of aryl methyl sites for hydroxylation is 1. The summed E-state index contributed by atoms with van der Waals surface area (Å²) in [5, 5.41) is 10.4. The van der Waals surface area contributed by atoms with Gasteiger partial charge in [0.15, 0.2) is 0 Å². The van der Waals surface area contributed by atoms with Gasteiger partial charge >= 0.3 is 0 Å². The maximum absolute atomic E-state index is 10.4. The van der Waals surface area contributed by atoms with Crippen molar-refractivity contribution in [3.8, 4) is 5.75 Å². The largest absolute Gasteiger partial charge is 0.493 e. The average Bonchev–Trinajstić information content (AvgIpc) is 2.95. The molecule has 1 unspecified atom stereocenters. The Balaban J connectivity index is 2.06. The third-order valence-electron chi connectivity index (χ3n) is 3.10. The topological polar surface area (TPSA) is 42.6 Å². The van der Waals surface area contributed by atoms with Crippen LogP contribution in [0.25, 0.3) is 0 Å². The van der Waals surface area contributed by atoms with E-state index in [4.69, 9.17) is 9.15 Å². The molecule has 1 atom stereocenters. The second-order valence-electron chi connectivity index (χ2n) is 4.43. The van der Waals surface area contributed by atoms with Crippen LogP contribution in [0.2, 0.25) is 0 Å². The van der Waals surface area contributed by atoms with Gasteiger partial charge in [0, 0.05) is 16.5 Å². The summed E-state index contributed by atoms with van der Waals surface area (Å²) < 4.78 is 12.0. The molecule has 1 aromatic carbocycles. The van der Waals surface area contributed by atoms with Crippen molar-refractivity contribution in [2.75, 3.05) is 6.61 Å². The second-order valence-corrected chi connectivity index (χ2v) is 5.35. The van der Waals surface area contributed by atoms with Gasteiger partial charge in [-0.25, -0.2) is 0 Å². The minimum absolute atomic E-state index is 0.545. The second kappa shape index (κ2) is 4.44. The van der Waals surface area contributed by atoms with E-state index in [0.29, 0.717) is 12.4 Å². The van der Waals surface area contributed by atoms with Gasteiger partial charge in [0.25, 0.3) is 0 Å².